The van der Waals surface area contributed by atoms with Gasteiger partial charge in [-0.1, -0.05) is 25.1 Å². The van der Waals surface area contributed by atoms with E-state index in [0.29, 0.717) is 5.69 Å². The number of nitrogens with zero attached hydrogens (tertiary/aromatic N) is 6. The number of aromatic nitrogens is 4. The summed E-state index contributed by atoms with van der Waals surface area (Å²) in [6.07, 6.45) is 3.77. The maximum absolute atomic E-state index is 12.6. The van der Waals surface area contributed by atoms with Crippen molar-refractivity contribution in [3.05, 3.63) is 64.6 Å². The normalized spacial score (nSPS) is 11.6. The number of amides is 1. The lowest BCUT2D eigenvalue weighted by molar-refractivity contribution is -0.385. The molecule has 0 aliphatic heterocycles. The molecule has 1 atom stereocenters. The number of hydrogen-bond acceptors (Lipinski definition) is 6. The Balaban J connectivity index is 1.78. The summed E-state index contributed by atoms with van der Waals surface area (Å²) in [5, 5.41) is 30.8. The number of hydrogen-bond donors (Lipinski definition) is 1. The maximum Gasteiger partial charge on any atom is 0.306 e. The minimum Gasteiger partial charge on any atom is -0.309 e. The highest BCUT2D eigenvalue weighted by Crippen LogP contribution is 2.20. The molecule has 0 spiro atoms. The van der Waals surface area contributed by atoms with E-state index >= 15 is 0 Å². The fraction of sp³-hybridized carbons (Fsp3) is 0.176. The fourth-order valence-corrected chi connectivity index (χ4v) is 2.47. The molecule has 3 aromatic rings. The van der Waals surface area contributed by atoms with Gasteiger partial charge in [-0.3, -0.25) is 19.6 Å². The molecule has 136 valence electrons. The summed E-state index contributed by atoms with van der Waals surface area (Å²) < 4.78 is 2.81. The molecule has 0 aliphatic rings. The molecule has 10 nitrogen and oxygen atoms in total. The molecule has 0 radical (unpaired) electrons. The van der Waals surface area contributed by atoms with Gasteiger partial charge in [0.05, 0.1) is 29.3 Å². The zero-order valence-corrected chi connectivity index (χ0v) is 14.3. The number of nitro groups is 1. The average molecular weight is 365 g/mol. The number of nitrogens with one attached hydrogen (secondary N) is 1. The smallest absolute Gasteiger partial charge is 0.306 e. The van der Waals surface area contributed by atoms with Crippen LogP contribution in [0.3, 0.4) is 0 Å². The predicted molar refractivity (Wildman–Crippen MR) is 95.0 cm³/mol. The molecule has 2 aromatic heterocycles. The van der Waals surface area contributed by atoms with E-state index in [1.165, 1.54) is 21.8 Å². The Bertz CT molecular complexity index is 1020. The third-order valence-corrected chi connectivity index (χ3v) is 3.87. The van der Waals surface area contributed by atoms with E-state index in [1.54, 1.807) is 19.1 Å². The molecular weight excluding hydrogens is 350 g/mol. The summed E-state index contributed by atoms with van der Waals surface area (Å²) in [4.78, 5) is 22.7. The van der Waals surface area contributed by atoms with Crippen LogP contribution in [0.25, 0.3) is 5.69 Å². The first-order chi connectivity index (χ1) is 13.0. The Morgan fingerprint density at radius 1 is 1.33 bits per heavy atom. The highest BCUT2D eigenvalue weighted by atomic mass is 16.6. The van der Waals surface area contributed by atoms with Gasteiger partial charge in [0.2, 0.25) is 5.91 Å². The van der Waals surface area contributed by atoms with Crippen molar-refractivity contribution in [1.29, 1.82) is 5.26 Å². The van der Waals surface area contributed by atoms with Crippen LogP contribution in [0.5, 0.6) is 0 Å². The summed E-state index contributed by atoms with van der Waals surface area (Å²) in [6.45, 7) is 1.82. The zero-order valence-electron chi connectivity index (χ0n) is 14.3. The van der Waals surface area contributed by atoms with Crippen molar-refractivity contribution in [3.63, 3.8) is 0 Å². The van der Waals surface area contributed by atoms with Gasteiger partial charge >= 0.3 is 5.69 Å². The zero-order chi connectivity index (χ0) is 19.4. The Morgan fingerprint density at radius 3 is 2.70 bits per heavy atom. The van der Waals surface area contributed by atoms with Crippen molar-refractivity contribution >= 4 is 17.4 Å². The second-order valence-corrected chi connectivity index (χ2v) is 5.83. The summed E-state index contributed by atoms with van der Waals surface area (Å²) in [5.41, 5.74) is 0.787. The quantitative estimate of drug-likeness (QED) is 0.526. The van der Waals surface area contributed by atoms with Gasteiger partial charge in [-0.15, -0.1) is 0 Å². The molecule has 1 N–H and O–H groups in total. The number of para-hydroxylation sites is 1. The number of nitriles is 1. The summed E-state index contributed by atoms with van der Waals surface area (Å²) >= 11 is 0. The van der Waals surface area contributed by atoms with E-state index in [1.807, 2.05) is 24.3 Å². The van der Waals surface area contributed by atoms with Gasteiger partial charge < -0.3 is 5.32 Å². The van der Waals surface area contributed by atoms with Crippen molar-refractivity contribution in [2.24, 2.45) is 5.92 Å². The minimum absolute atomic E-state index is 0.142. The molecule has 0 fully saturated rings. The van der Waals surface area contributed by atoms with Crippen LogP contribution in [0, 0.1) is 27.4 Å². The number of rotatable bonds is 6. The van der Waals surface area contributed by atoms with E-state index in [9.17, 15) is 20.2 Å². The summed E-state index contributed by atoms with van der Waals surface area (Å²) in [7, 11) is 0. The molecule has 27 heavy (non-hydrogen) atoms. The van der Waals surface area contributed by atoms with Gasteiger partial charge in [0.25, 0.3) is 0 Å². The highest BCUT2D eigenvalue weighted by molar-refractivity contribution is 5.92. The SMILES string of the molecule is C[C@@H](Cn1cc([N+](=O)[O-])cn1)C(=O)Nc1c(C#N)cnn1-c1ccccc1. The van der Waals surface area contributed by atoms with Crippen LogP contribution in [0.15, 0.2) is 48.9 Å². The third-order valence-electron chi connectivity index (χ3n) is 3.87. The van der Waals surface area contributed by atoms with E-state index in [2.05, 4.69) is 15.5 Å². The second-order valence-electron chi connectivity index (χ2n) is 5.83. The summed E-state index contributed by atoms with van der Waals surface area (Å²) in [6, 6.07) is 11.1. The topological polar surface area (TPSA) is 132 Å². The van der Waals surface area contributed by atoms with Crippen LogP contribution in [-0.4, -0.2) is 30.4 Å². The van der Waals surface area contributed by atoms with E-state index in [-0.39, 0.29) is 29.5 Å². The first-order valence-corrected chi connectivity index (χ1v) is 8.01. The van der Waals surface area contributed by atoms with Crippen molar-refractivity contribution in [3.8, 4) is 11.8 Å². The monoisotopic (exact) mass is 365 g/mol. The Labute approximate surface area is 153 Å². The van der Waals surface area contributed by atoms with Crippen LogP contribution in [0.1, 0.15) is 12.5 Å². The fourth-order valence-electron chi connectivity index (χ4n) is 2.47. The van der Waals surface area contributed by atoms with Gasteiger partial charge in [0.15, 0.2) is 5.82 Å². The van der Waals surface area contributed by atoms with E-state index < -0.39 is 10.8 Å². The minimum atomic E-state index is -0.550. The molecule has 0 saturated heterocycles. The molecule has 0 saturated carbocycles. The van der Waals surface area contributed by atoms with Gasteiger partial charge in [0, 0.05) is 0 Å². The van der Waals surface area contributed by atoms with Crippen molar-refractivity contribution < 1.29 is 9.72 Å². The third kappa shape index (κ3) is 3.82. The molecule has 1 aromatic carbocycles. The van der Waals surface area contributed by atoms with Crippen LogP contribution in [-0.2, 0) is 11.3 Å². The van der Waals surface area contributed by atoms with Gasteiger partial charge in [-0.05, 0) is 12.1 Å². The van der Waals surface area contributed by atoms with Crippen LogP contribution < -0.4 is 5.32 Å². The van der Waals surface area contributed by atoms with E-state index in [0.717, 1.165) is 6.20 Å². The number of carbonyl (C=O) groups is 1. The predicted octanol–water partition coefficient (Wildman–Crippen LogP) is 2.12. The van der Waals surface area contributed by atoms with Crippen LogP contribution in [0.2, 0.25) is 0 Å². The summed E-state index contributed by atoms with van der Waals surface area (Å²) in [5.74, 6) is -0.635. The van der Waals surface area contributed by atoms with Crippen molar-refractivity contribution in [2.75, 3.05) is 5.32 Å². The molecule has 0 unspecified atom stereocenters. The molecule has 10 heteroatoms. The molecule has 3 rings (SSSR count). The maximum atomic E-state index is 12.6. The molecular formula is C17H15N7O3. The van der Waals surface area contributed by atoms with Crippen LogP contribution in [0.4, 0.5) is 11.5 Å². The lowest BCUT2D eigenvalue weighted by atomic mass is 10.1. The van der Waals surface area contributed by atoms with Gasteiger partial charge in [-0.25, -0.2) is 4.68 Å². The molecule has 0 aliphatic carbocycles. The average Bonchev–Trinajstić information content (AvgIpc) is 3.29. The lowest BCUT2D eigenvalue weighted by Crippen LogP contribution is -2.26. The highest BCUT2D eigenvalue weighted by Gasteiger charge is 2.20. The Hall–Kier alpha value is -4.00. The standard InChI is InChI=1S/C17H15N7O3/c1-12(10-22-11-15(9-19-22)24(26)27)17(25)21-16-13(7-18)8-20-23(16)14-5-3-2-4-6-14/h2-6,8-9,11-12H,10H2,1H3,(H,21,25)/t12-/m0/s1. The Morgan fingerprint density at radius 2 is 2.07 bits per heavy atom. The number of anilines is 1. The number of benzene rings is 1. The van der Waals surface area contributed by atoms with Crippen molar-refractivity contribution in [1.82, 2.24) is 19.6 Å². The van der Waals surface area contributed by atoms with Gasteiger partial charge in [0.1, 0.15) is 24.0 Å². The Kier molecular flexibility index (Phi) is 4.94. The van der Waals surface area contributed by atoms with Crippen molar-refractivity contribution in [2.45, 2.75) is 13.5 Å². The van der Waals surface area contributed by atoms with Crippen LogP contribution >= 0.6 is 0 Å². The molecule has 0 bridgehead atoms. The largest absolute Gasteiger partial charge is 0.309 e. The second kappa shape index (κ2) is 7.49. The van der Waals surface area contributed by atoms with E-state index in [4.69, 9.17) is 0 Å². The van der Waals surface area contributed by atoms with Gasteiger partial charge in [-0.2, -0.15) is 15.5 Å². The first-order valence-electron chi connectivity index (χ1n) is 8.01. The lowest BCUT2D eigenvalue weighted by Gasteiger charge is -2.14. The molecule has 2 heterocycles. The first kappa shape index (κ1) is 17.8. The number of carbonyl (C=O) groups excluding carboxylic acids is 1. The molecule has 1 amide bonds.